The SMILES string of the molecule is CC(=O)N(CCN(C)C)c1ccc(NC(=C2C(=O)Nc3cc(C#N)ccc32)c2ccc3c(c2)OCO3)cc1. The van der Waals surface area contributed by atoms with E-state index in [-0.39, 0.29) is 18.6 Å². The number of carbonyl (C=O) groups excluding carboxylic acids is 2. The summed E-state index contributed by atoms with van der Waals surface area (Å²) in [7, 11) is 3.93. The van der Waals surface area contributed by atoms with E-state index in [0.29, 0.717) is 46.1 Å². The van der Waals surface area contributed by atoms with Gasteiger partial charge in [0, 0.05) is 42.5 Å². The number of ether oxygens (including phenoxy) is 2. The second-order valence-corrected chi connectivity index (χ2v) is 9.29. The average molecular weight is 510 g/mol. The summed E-state index contributed by atoms with van der Waals surface area (Å²) in [5.74, 6) is 0.915. The summed E-state index contributed by atoms with van der Waals surface area (Å²) in [6.07, 6.45) is 0. The van der Waals surface area contributed by atoms with Crippen molar-refractivity contribution < 1.29 is 19.1 Å². The standard InChI is InChI=1S/C29H27N5O4/c1-18(35)34(13-12-33(2)3)22-8-6-21(7-9-22)31-28(20-5-11-25-26(15-20)38-17-37-25)27-23-10-4-19(16-30)14-24(23)32-29(27)36/h4-11,14-15,31H,12-13,17H2,1-3H3,(H,32,36). The van der Waals surface area contributed by atoms with Crippen LogP contribution >= 0.6 is 0 Å². The molecule has 38 heavy (non-hydrogen) atoms. The molecular weight excluding hydrogens is 482 g/mol. The first-order valence-corrected chi connectivity index (χ1v) is 12.1. The Morgan fingerprint density at radius 2 is 1.79 bits per heavy atom. The Balaban J connectivity index is 1.54. The van der Waals surface area contributed by atoms with Crippen LogP contribution in [0.25, 0.3) is 11.3 Å². The van der Waals surface area contributed by atoms with Crippen molar-refractivity contribution in [1.82, 2.24) is 4.90 Å². The van der Waals surface area contributed by atoms with E-state index < -0.39 is 0 Å². The van der Waals surface area contributed by atoms with Gasteiger partial charge in [0.05, 0.1) is 28.6 Å². The predicted octanol–water partition coefficient (Wildman–Crippen LogP) is 4.13. The molecule has 5 rings (SSSR count). The third kappa shape index (κ3) is 4.90. The number of nitrogens with zero attached hydrogens (tertiary/aromatic N) is 3. The lowest BCUT2D eigenvalue weighted by Gasteiger charge is -2.23. The van der Waals surface area contributed by atoms with E-state index in [1.165, 1.54) is 0 Å². The molecular formula is C29H27N5O4. The summed E-state index contributed by atoms with van der Waals surface area (Å²) < 4.78 is 11.0. The van der Waals surface area contributed by atoms with Crippen molar-refractivity contribution in [2.75, 3.05) is 49.5 Å². The van der Waals surface area contributed by atoms with Gasteiger partial charge in [-0.25, -0.2) is 0 Å². The summed E-state index contributed by atoms with van der Waals surface area (Å²) in [5.41, 5.74) is 5.02. The maximum absolute atomic E-state index is 13.2. The van der Waals surface area contributed by atoms with Gasteiger partial charge in [0.15, 0.2) is 11.5 Å². The van der Waals surface area contributed by atoms with E-state index in [2.05, 4.69) is 16.7 Å². The molecule has 3 aromatic rings. The number of likely N-dealkylation sites (N-methyl/N-ethyl adjacent to an activating group) is 1. The maximum atomic E-state index is 13.2. The van der Waals surface area contributed by atoms with Crippen LogP contribution in [0.4, 0.5) is 17.1 Å². The fourth-order valence-electron chi connectivity index (χ4n) is 4.46. The van der Waals surface area contributed by atoms with Gasteiger partial charge in [-0.2, -0.15) is 5.26 Å². The van der Waals surface area contributed by atoms with E-state index in [0.717, 1.165) is 23.5 Å². The average Bonchev–Trinajstić information content (AvgIpc) is 3.50. The fraction of sp³-hybridized carbons (Fsp3) is 0.207. The van der Waals surface area contributed by atoms with Crippen LogP contribution in [0.5, 0.6) is 11.5 Å². The molecule has 0 fully saturated rings. The van der Waals surface area contributed by atoms with Crippen molar-refractivity contribution in [2.45, 2.75) is 6.92 Å². The number of hydrogen-bond donors (Lipinski definition) is 2. The molecule has 0 radical (unpaired) electrons. The summed E-state index contributed by atoms with van der Waals surface area (Å²) >= 11 is 0. The number of carbonyl (C=O) groups is 2. The smallest absolute Gasteiger partial charge is 0.258 e. The molecule has 0 aliphatic carbocycles. The van der Waals surface area contributed by atoms with Crippen LogP contribution in [0.15, 0.2) is 60.7 Å². The number of nitriles is 1. The lowest BCUT2D eigenvalue weighted by atomic mass is 9.98. The molecule has 0 aromatic heterocycles. The Morgan fingerprint density at radius 1 is 1.03 bits per heavy atom. The van der Waals surface area contributed by atoms with Crippen LogP contribution in [0.1, 0.15) is 23.6 Å². The number of anilines is 3. The molecule has 0 unspecified atom stereocenters. The number of nitrogens with one attached hydrogen (secondary N) is 2. The van der Waals surface area contributed by atoms with Crippen molar-refractivity contribution in [1.29, 1.82) is 5.26 Å². The van der Waals surface area contributed by atoms with Crippen LogP contribution in [-0.2, 0) is 9.59 Å². The minimum atomic E-state index is -0.279. The number of fused-ring (bicyclic) bond motifs is 2. The van der Waals surface area contributed by atoms with Gasteiger partial charge in [0.1, 0.15) is 0 Å². The number of hydrogen-bond acceptors (Lipinski definition) is 7. The van der Waals surface area contributed by atoms with Gasteiger partial charge in [-0.05, 0) is 68.7 Å². The number of benzene rings is 3. The summed E-state index contributed by atoms with van der Waals surface area (Å²) in [6.45, 7) is 3.00. The van der Waals surface area contributed by atoms with Crippen molar-refractivity contribution in [2.24, 2.45) is 0 Å². The molecule has 0 saturated heterocycles. The quantitative estimate of drug-likeness (QED) is 0.461. The highest BCUT2D eigenvalue weighted by Crippen LogP contribution is 2.41. The number of amides is 2. The molecule has 0 atom stereocenters. The Labute approximate surface area is 220 Å². The highest BCUT2D eigenvalue weighted by Gasteiger charge is 2.29. The summed E-state index contributed by atoms with van der Waals surface area (Å²) in [5, 5.41) is 15.6. The van der Waals surface area contributed by atoms with Gasteiger partial charge in [-0.1, -0.05) is 6.07 Å². The minimum absolute atomic E-state index is 0.0355. The molecule has 2 N–H and O–H groups in total. The lowest BCUT2D eigenvalue weighted by molar-refractivity contribution is -0.116. The van der Waals surface area contributed by atoms with Crippen LogP contribution in [0.2, 0.25) is 0 Å². The van der Waals surface area contributed by atoms with Crippen molar-refractivity contribution in [3.63, 3.8) is 0 Å². The normalized spacial score (nSPS) is 14.6. The number of rotatable bonds is 7. The van der Waals surface area contributed by atoms with Crippen LogP contribution in [-0.4, -0.2) is 50.7 Å². The van der Waals surface area contributed by atoms with Gasteiger partial charge < -0.3 is 29.9 Å². The van der Waals surface area contributed by atoms with E-state index in [4.69, 9.17) is 9.47 Å². The zero-order valence-electron chi connectivity index (χ0n) is 21.4. The van der Waals surface area contributed by atoms with E-state index >= 15 is 0 Å². The van der Waals surface area contributed by atoms with Crippen molar-refractivity contribution >= 4 is 40.1 Å². The summed E-state index contributed by atoms with van der Waals surface area (Å²) in [6, 6.07) is 20.3. The molecule has 9 nitrogen and oxygen atoms in total. The first-order chi connectivity index (χ1) is 18.3. The molecule has 3 aromatic carbocycles. The van der Waals surface area contributed by atoms with Crippen LogP contribution in [0, 0.1) is 11.3 Å². The minimum Gasteiger partial charge on any atom is -0.454 e. The van der Waals surface area contributed by atoms with Gasteiger partial charge >= 0.3 is 0 Å². The highest BCUT2D eigenvalue weighted by atomic mass is 16.7. The molecule has 2 aliphatic heterocycles. The molecule has 2 amide bonds. The molecule has 2 aliphatic rings. The van der Waals surface area contributed by atoms with Gasteiger partial charge in [-0.15, -0.1) is 0 Å². The third-order valence-corrected chi connectivity index (χ3v) is 6.40. The van der Waals surface area contributed by atoms with E-state index in [1.54, 1.807) is 30.0 Å². The lowest BCUT2D eigenvalue weighted by Crippen LogP contribution is -2.35. The second-order valence-electron chi connectivity index (χ2n) is 9.29. The topological polar surface area (TPSA) is 107 Å². The zero-order valence-corrected chi connectivity index (χ0v) is 21.4. The zero-order chi connectivity index (χ0) is 26.8. The Kier molecular flexibility index (Phi) is 6.73. The Bertz CT molecular complexity index is 1490. The first kappa shape index (κ1) is 24.9. The molecule has 192 valence electrons. The monoisotopic (exact) mass is 509 g/mol. The summed E-state index contributed by atoms with van der Waals surface area (Å²) in [4.78, 5) is 29.2. The first-order valence-electron chi connectivity index (χ1n) is 12.1. The molecule has 0 saturated carbocycles. The maximum Gasteiger partial charge on any atom is 0.258 e. The fourth-order valence-corrected chi connectivity index (χ4v) is 4.46. The van der Waals surface area contributed by atoms with Gasteiger partial charge in [0.2, 0.25) is 12.7 Å². The predicted molar refractivity (Wildman–Crippen MR) is 146 cm³/mol. The molecule has 9 heteroatoms. The molecule has 0 spiro atoms. The molecule has 0 bridgehead atoms. The second kappa shape index (κ2) is 10.3. The van der Waals surface area contributed by atoms with Crippen molar-refractivity contribution in [3.8, 4) is 17.6 Å². The van der Waals surface area contributed by atoms with Gasteiger partial charge in [-0.3, -0.25) is 9.59 Å². The van der Waals surface area contributed by atoms with Gasteiger partial charge in [0.25, 0.3) is 5.91 Å². The van der Waals surface area contributed by atoms with Crippen LogP contribution in [0.3, 0.4) is 0 Å². The Morgan fingerprint density at radius 3 is 2.50 bits per heavy atom. The van der Waals surface area contributed by atoms with Crippen molar-refractivity contribution in [3.05, 3.63) is 77.4 Å². The third-order valence-electron chi connectivity index (χ3n) is 6.40. The van der Waals surface area contributed by atoms with E-state index in [1.807, 2.05) is 61.5 Å². The highest BCUT2D eigenvalue weighted by molar-refractivity contribution is 6.37. The van der Waals surface area contributed by atoms with E-state index in [9.17, 15) is 14.9 Å². The Hall–Kier alpha value is -4.81. The molecule has 2 heterocycles. The largest absolute Gasteiger partial charge is 0.454 e. The van der Waals surface area contributed by atoms with Crippen LogP contribution < -0.4 is 25.0 Å².